The van der Waals surface area contributed by atoms with Crippen LogP contribution in [0.4, 0.5) is 18.9 Å². The number of rotatable bonds is 11. The van der Waals surface area contributed by atoms with Crippen molar-refractivity contribution in [3.8, 4) is 11.1 Å². The number of esters is 2. The number of nitrogens with one attached hydrogen (secondary N) is 1. The summed E-state index contributed by atoms with van der Waals surface area (Å²) in [7, 11) is 3.08. The van der Waals surface area contributed by atoms with E-state index in [0.29, 0.717) is 16.7 Å². The van der Waals surface area contributed by atoms with Crippen LogP contribution in [-0.4, -0.2) is 56.0 Å². The van der Waals surface area contributed by atoms with E-state index in [4.69, 9.17) is 9.47 Å². The van der Waals surface area contributed by atoms with Crippen molar-refractivity contribution >= 4 is 29.4 Å². The molecule has 0 bridgehead atoms. The zero-order valence-corrected chi connectivity index (χ0v) is 25.2. The molecule has 3 aromatic carbocycles. The van der Waals surface area contributed by atoms with Crippen molar-refractivity contribution in [2.24, 2.45) is 11.8 Å². The van der Waals surface area contributed by atoms with Crippen LogP contribution in [0.2, 0.25) is 0 Å². The molecular formula is C33H35F3N2O6. The molecule has 0 spiro atoms. The highest BCUT2D eigenvalue weighted by atomic mass is 19.4. The van der Waals surface area contributed by atoms with Crippen molar-refractivity contribution in [3.05, 3.63) is 89.0 Å². The molecule has 1 N–H and O–H groups in total. The number of alkyl halides is 3. The molecule has 1 unspecified atom stereocenters. The highest BCUT2D eigenvalue weighted by Gasteiger charge is 2.30. The van der Waals surface area contributed by atoms with E-state index in [1.54, 1.807) is 31.2 Å². The number of amides is 2. The molecule has 0 saturated heterocycles. The van der Waals surface area contributed by atoms with Crippen molar-refractivity contribution in [2.45, 2.75) is 33.4 Å². The third-order valence-electron chi connectivity index (χ3n) is 6.83. The fourth-order valence-electron chi connectivity index (χ4n) is 4.37. The summed E-state index contributed by atoms with van der Waals surface area (Å²) >= 11 is 0. The van der Waals surface area contributed by atoms with Crippen molar-refractivity contribution in [3.63, 3.8) is 0 Å². The maximum Gasteiger partial charge on any atom is 0.416 e. The van der Waals surface area contributed by atoms with Gasteiger partial charge in [0.25, 0.3) is 11.8 Å². The minimum absolute atomic E-state index is 0.113. The zero-order valence-electron chi connectivity index (χ0n) is 25.2. The molecule has 3 aromatic rings. The molecular weight excluding hydrogens is 577 g/mol. The van der Waals surface area contributed by atoms with Crippen LogP contribution in [-0.2, 0) is 31.7 Å². The summed E-state index contributed by atoms with van der Waals surface area (Å²) in [5.41, 5.74) is 0.927. The van der Waals surface area contributed by atoms with Crippen LogP contribution in [0.5, 0.6) is 0 Å². The van der Waals surface area contributed by atoms with Crippen LogP contribution in [0.25, 0.3) is 11.1 Å². The van der Waals surface area contributed by atoms with Crippen LogP contribution in [0, 0.1) is 11.8 Å². The minimum atomic E-state index is -4.49. The normalized spacial score (nSPS) is 11.9. The van der Waals surface area contributed by atoms with Gasteiger partial charge in [-0.3, -0.25) is 19.2 Å². The second-order valence-electron chi connectivity index (χ2n) is 10.6. The smallest absolute Gasteiger partial charge is 0.416 e. The largest absolute Gasteiger partial charge is 0.466 e. The molecule has 2 amide bonds. The van der Waals surface area contributed by atoms with Gasteiger partial charge in [-0.2, -0.15) is 13.2 Å². The van der Waals surface area contributed by atoms with Gasteiger partial charge in [-0.15, -0.1) is 0 Å². The summed E-state index contributed by atoms with van der Waals surface area (Å²) in [5.74, 6) is -2.81. The van der Waals surface area contributed by atoms with Crippen LogP contribution in [0.1, 0.15) is 52.6 Å². The van der Waals surface area contributed by atoms with E-state index in [1.807, 2.05) is 13.8 Å². The maximum atomic E-state index is 13.4. The summed E-state index contributed by atoms with van der Waals surface area (Å²) < 4.78 is 49.5. The van der Waals surface area contributed by atoms with Gasteiger partial charge >= 0.3 is 18.1 Å². The molecule has 0 aliphatic heterocycles. The van der Waals surface area contributed by atoms with E-state index in [9.17, 15) is 32.3 Å². The first-order valence-corrected chi connectivity index (χ1v) is 14.0. The van der Waals surface area contributed by atoms with Gasteiger partial charge in [0.15, 0.2) is 0 Å². The second-order valence-corrected chi connectivity index (χ2v) is 10.6. The van der Waals surface area contributed by atoms with Crippen molar-refractivity contribution in [1.82, 2.24) is 4.90 Å². The Hall–Kier alpha value is -4.67. The molecule has 0 aliphatic rings. The molecule has 0 radical (unpaired) electrons. The van der Waals surface area contributed by atoms with E-state index in [1.165, 1.54) is 49.3 Å². The molecule has 234 valence electrons. The van der Waals surface area contributed by atoms with Gasteiger partial charge in [0.2, 0.25) is 0 Å². The van der Waals surface area contributed by atoms with Crippen molar-refractivity contribution in [1.29, 1.82) is 0 Å². The van der Waals surface area contributed by atoms with Crippen LogP contribution < -0.4 is 5.32 Å². The predicted octanol–water partition coefficient (Wildman–Crippen LogP) is 6.25. The first-order chi connectivity index (χ1) is 20.7. The van der Waals surface area contributed by atoms with Crippen LogP contribution in [0.3, 0.4) is 0 Å². The van der Waals surface area contributed by atoms with Crippen molar-refractivity contribution < 1.29 is 41.8 Å². The second kappa shape index (κ2) is 14.7. The Morgan fingerprint density at radius 1 is 0.886 bits per heavy atom. The number of anilines is 1. The predicted molar refractivity (Wildman–Crippen MR) is 159 cm³/mol. The molecule has 44 heavy (non-hydrogen) atoms. The number of benzene rings is 3. The summed E-state index contributed by atoms with van der Waals surface area (Å²) in [6.45, 7) is 5.40. The lowest BCUT2D eigenvalue weighted by atomic mass is 9.97. The quantitative estimate of drug-likeness (QED) is 0.257. The van der Waals surface area contributed by atoms with Gasteiger partial charge in [0.05, 0.1) is 35.8 Å². The molecule has 0 aliphatic carbocycles. The Morgan fingerprint density at radius 3 is 2.14 bits per heavy atom. The van der Waals surface area contributed by atoms with Gasteiger partial charge in [0.1, 0.15) is 6.61 Å². The Balaban J connectivity index is 1.83. The first kappa shape index (κ1) is 33.8. The lowest BCUT2D eigenvalue weighted by molar-refractivity contribution is -0.156. The lowest BCUT2D eigenvalue weighted by Crippen LogP contribution is -2.29. The number of carbonyl (C=O) groups excluding carboxylic acids is 4. The summed E-state index contributed by atoms with van der Waals surface area (Å²) in [6.07, 6.45) is -4.68. The van der Waals surface area contributed by atoms with Gasteiger partial charge in [-0.05, 0) is 59.9 Å². The lowest BCUT2D eigenvalue weighted by Gasteiger charge is -2.19. The number of hydrogen-bond acceptors (Lipinski definition) is 6. The fraction of sp³-hybridized carbons (Fsp3) is 0.333. The summed E-state index contributed by atoms with van der Waals surface area (Å²) in [4.78, 5) is 52.6. The number of hydrogen-bond donors (Lipinski definition) is 1. The Morgan fingerprint density at radius 2 is 1.55 bits per heavy atom. The Kier molecular flexibility index (Phi) is 11.3. The number of ether oxygens (including phenoxy) is 2. The zero-order chi connectivity index (χ0) is 32.6. The topological polar surface area (TPSA) is 102 Å². The van der Waals surface area contributed by atoms with Gasteiger partial charge < -0.3 is 19.7 Å². The third-order valence-corrected chi connectivity index (χ3v) is 6.83. The van der Waals surface area contributed by atoms with Crippen molar-refractivity contribution in [2.75, 3.05) is 32.6 Å². The van der Waals surface area contributed by atoms with E-state index in [2.05, 4.69) is 5.32 Å². The van der Waals surface area contributed by atoms with Crippen LogP contribution >= 0.6 is 0 Å². The minimum Gasteiger partial charge on any atom is -0.466 e. The molecule has 11 heteroatoms. The standard InChI is InChI=1S/C33H35F3N2O6/c1-6-43-32(42)27(20(2)3)19-44-29(39)18-21-11-16-28(26(17-21)31(41)38(4)5)37-30(40)25-10-8-7-9-24(25)22-12-14-23(15-13-22)33(34,35)36/h7-17,20,27H,6,18-19H2,1-5H3,(H,37,40). The Labute approximate surface area is 254 Å². The van der Waals surface area contributed by atoms with Crippen LogP contribution in [0.15, 0.2) is 66.7 Å². The molecule has 0 fully saturated rings. The average molecular weight is 613 g/mol. The fourth-order valence-corrected chi connectivity index (χ4v) is 4.37. The molecule has 0 saturated carbocycles. The SMILES string of the molecule is CCOC(=O)C(COC(=O)Cc1ccc(NC(=O)c2ccccc2-c2ccc(C(F)(F)F)cc2)c(C(=O)N(C)C)c1)C(C)C. The monoisotopic (exact) mass is 612 g/mol. The Bertz CT molecular complexity index is 1500. The van der Waals surface area contributed by atoms with E-state index in [-0.39, 0.29) is 42.4 Å². The van der Waals surface area contributed by atoms with Gasteiger partial charge in [-0.25, -0.2) is 0 Å². The molecule has 0 heterocycles. The third kappa shape index (κ3) is 8.68. The first-order valence-electron chi connectivity index (χ1n) is 14.0. The molecule has 1 atom stereocenters. The average Bonchev–Trinajstić information content (AvgIpc) is 2.97. The van der Waals surface area contributed by atoms with E-state index in [0.717, 1.165) is 12.1 Å². The molecule has 0 aromatic heterocycles. The summed E-state index contributed by atoms with van der Waals surface area (Å²) in [5, 5.41) is 2.73. The van der Waals surface area contributed by atoms with Gasteiger partial charge in [-0.1, -0.05) is 50.2 Å². The van der Waals surface area contributed by atoms with E-state index >= 15 is 0 Å². The molecule has 8 nitrogen and oxygen atoms in total. The van der Waals surface area contributed by atoms with Gasteiger partial charge in [0, 0.05) is 19.7 Å². The van der Waals surface area contributed by atoms with E-state index < -0.39 is 41.4 Å². The highest BCUT2D eigenvalue weighted by Crippen LogP contribution is 2.32. The maximum absolute atomic E-state index is 13.4. The summed E-state index contributed by atoms with van der Waals surface area (Å²) in [6, 6.07) is 15.4. The number of nitrogens with zero attached hydrogens (tertiary/aromatic N) is 1. The number of halogens is 3. The highest BCUT2D eigenvalue weighted by molar-refractivity contribution is 6.11. The molecule has 3 rings (SSSR count). The number of carbonyl (C=O) groups is 4.